The fourth-order valence-electron chi connectivity index (χ4n) is 1.82. The second kappa shape index (κ2) is 5.60. The van der Waals surface area contributed by atoms with Crippen LogP contribution in [0.15, 0.2) is 42.6 Å². The average Bonchev–Trinajstić information content (AvgIpc) is 2.39. The number of rotatable bonds is 4. The van der Waals surface area contributed by atoms with Gasteiger partial charge in [0, 0.05) is 32.0 Å². The first-order chi connectivity index (χ1) is 8.69. The number of hydrogen-bond donors (Lipinski definition) is 1. The zero-order valence-electron chi connectivity index (χ0n) is 10.3. The summed E-state index contributed by atoms with van der Waals surface area (Å²) < 4.78 is 13.1. The summed E-state index contributed by atoms with van der Waals surface area (Å²) in [4.78, 5) is 6.13. The topological polar surface area (TPSA) is 42.2 Å². The van der Waals surface area contributed by atoms with E-state index in [2.05, 4.69) is 4.98 Å². The lowest BCUT2D eigenvalue weighted by Gasteiger charge is -2.19. The molecule has 2 N–H and O–H groups in total. The molecule has 0 spiro atoms. The minimum atomic E-state index is -0.225. The molecule has 94 valence electrons. The standard InChI is InChI=1S/C14H16FN3/c1-18(14-4-2-3-12(15)8-14)10-11-5-6-17-13(7-11)9-16/h2-8H,9-10,16H2,1H3. The molecular formula is C14H16FN3. The Balaban J connectivity index is 2.13. The van der Waals surface area contributed by atoms with Crippen LogP contribution in [-0.2, 0) is 13.1 Å². The molecule has 0 radical (unpaired) electrons. The first-order valence-electron chi connectivity index (χ1n) is 5.79. The molecule has 4 heteroatoms. The van der Waals surface area contributed by atoms with E-state index < -0.39 is 0 Å². The highest BCUT2D eigenvalue weighted by Crippen LogP contribution is 2.16. The molecule has 3 nitrogen and oxygen atoms in total. The van der Waals surface area contributed by atoms with Gasteiger partial charge in [0.1, 0.15) is 5.82 Å². The maximum atomic E-state index is 13.1. The summed E-state index contributed by atoms with van der Waals surface area (Å²) in [6, 6.07) is 10.5. The van der Waals surface area contributed by atoms with Crippen LogP contribution in [0.3, 0.4) is 0 Å². The number of nitrogens with zero attached hydrogens (tertiary/aromatic N) is 2. The van der Waals surface area contributed by atoms with Crippen molar-refractivity contribution in [1.29, 1.82) is 0 Å². The van der Waals surface area contributed by atoms with Crippen molar-refractivity contribution in [2.45, 2.75) is 13.1 Å². The molecule has 0 aliphatic carbocycles. The highest BCUT2D eigenvalue weighted by Gasteiger charge is 2.04. The Hall–Kier alpha value is -1.94. The molecule has 2 rings (SSSR count). The summed E-state index contributed by atoms with van der Waals surface area (Å²) >= 11 is 0. The summed E-state index contributed by atoms with van der Waals surface area (Å²) in [5.74, 6) is -0.225. The first kappa shape index (κ1) is 12.5. The first-order valence-corrected chi connectivity index (χ1v) is 5.79. The number of halogens is 1. The van der Waals surface area contributed by atoms with Crippen molar-refractivity contribution in [3.63, 3.8) is 0 Å². The smallest absolute Gasteiger partial charge is 0.125 e. The summed E-state index contributed by atoms with van der Waals surface area (Å²) in [5, 5.41) is 0. The summed E-state index contributed by atoms with van der Waals surface area (Å²) in [5.41, 5.74) is 8.37. The zero-order valence-corrected chi connectivity index (χ0v) is 10.3. The van der Waals surface area contributed by atoms with Gasteiger partial charge >= 0.3 is 0 Å². The van der Waals surface area contributed by atoms with E-state index in [1.807, 2.05) is 30.1 Å². The van der Waals surface area contributed by atoms with Gasteiger partial charge in [-0.15, -0.1) is 0 Å². The quantitative estimate of drug-likeness (QED) is 0.898. The van der Waals surface area contributed by atoms with Crippen LogP contribution >= 0.6 is 0 Å². The number of aromatic nitrogens is 1. The molecule has 1 aromatic carbocycles. The fourth-order valence-corrected chi connectivity index (χ4v) is 1.82. The van der Waals surface area contributed by atoms with Gasteiger partial charge in [-0.05, 0) is 35.9 Å². The Morgan fingerprint density at radius 1 is 1.28 bits per heavy atom. The van der Waals surface area contributed by atoms with Crippen LogP contribution in [0.1, 0.15) is 11.3 Å². The van der Waals surface area contributed by atoms with Crippen molar-refractivity contribution >= 4 is 5.69 Å². The third-order valence-corrected chi connectivity index (χ3v) is 2.76. The summed E-state index contributed by atoms with van der Waals surface area (Å²) in [6.07, 6.45) is 1.75. The Bertz CT molecular complexity index is 528. The summed E-state index contributed by atoms with van der Waals surface area (Å²) in [7, 11) is 1.93. The van der Waals surface area contributed by atoms with Gasteiger partial charge in [0.2, 0.25) is 0 Å². The second-order valence-electron chi connectivity index (χ2n) is 4.20. The number of nitrogens with two attached hydrogens (primary N) is 1. The van der Waals surface area contributed by atoms with E-state index in [1.54, 1.807) is 12.3 Å². The highest BCUT2D eigenvalue weighted by molar-refractivity contribution is 5.46. The van der Waals surface area contributed by atoms with Crippen molar-refractivity contribution in [3.05, 3.63) is 59.7 Å². The van der Waals surface area contributed by atoms with Crippen molar-refractivity contribution in [3.8, 4) is 0 Å². The van der Waals surface area contributed by atoms with Gasteiger partial charge in [0.15, 0.2) is 0 Å². The van der Waals surface area contributed by atoms with E-state index in [0.717, 1.165) is 16.9 Å². The molecule has 0 atom stereocenters. The third kappa shape index (κ3) is 3.05. The lowest BCUT2D eigenvalue weighted by Crippen LogP contribution is -2.16. The SMILES string of the molecule is CN(Cc1ccnc(CN)c1)c1cccc(F)c1. The normalized spacial score (nSPS) is 10.4. The van der Waals surface area contributed by atoms with E-state index >= 15 is 0 Å². The lowest BCUT2D eigenvalue weighted by molar-refractivity contribution is 0.627. The number of hydrogen-bond acceptors (Lipinski definition) is 3. The van der Waals surface area contributed by atoms with Crippen molar-refractivity contribution < 1.29 is 4.39 Å². The maximum absolute atomic E-state index is 13.1. The number of anilines is 1. The fraction of sp³-hybridized carbons (Fsp3) is 0.214. The van der Waals surface area contributed by atoms with E-state index in [4.69, 9.17) is 5.73 Å². The van der Waals surface area contributed by atoms with Crippen molar-refractivity contribution in [2.24, 2.45) is 5.73 Å². The van der Waals surface area contributed by atoms with Gasteiger partial charge in [0.05, 0.1) is 5.69 Å². The molecule has 0 aliphatic heterocycles. The largest absolute Gasteiger partial charge is 0.370 e. The van der Waals surface area contributed by atoms with Gasteiger partial charge in [-0.3, -0.25) is 4.98 Å². The van der Waals surface area contributed by atoms with Crippen LogP contribution < -0.4 is 10.6 Å². The molecule has 0 aliphatic rings. The Kier molecular flexibility index (Phi) is 3.89. The van der Waals surface area contributed by atoms with Crippen LogP contribution in [0.25, 0.3) is 0 Å². The maximum Gasteiger partial charge on any atom is 0.125 e. The van der Waals surface area contributed by atoms with Crippen molar-refractivity contribution in [2.75, 3.05) is 11.9 Å². The van der Waals surface area contributed by atoms with E-state index in [9.17, 15) is 4.39 Å². The molecule has 0 bridgehead atoms. The van der Waals surface area contributed by atoms with Crippen LogP contribution in [0, 0.1) is 5.82 Å². The van der Waals surface area contributed by atoms with Gasteiger partial charge < -0.3 is 10.6 Å². The predicted molar refractivity (Wildman–Crippen MR) is 70.6 cm³/mol. The molecular weight excluding hydrogens is 229 g/mol. The highest BCUT2D eigenvalue weighted by atomic mass is 19.1. The Morgan fingerprint density at radius 3 is 2.83 bits per heavy atom. The Morgan fingerprint density at radius 2 is 2.11 bits per heavy atom. The van der Waals surface area contributed by atoms with E-state index in [0.29, 0.717) is 13.1 Å². The van der Waals surface area contributed by atoms with Crippen LogP contribution in [0.4, 0.5) is 10.1 Å². The molecule has 1 aromatic heterocycles. The van der Waals surface area contributed by atoms with Crippen LogP contribution in [0.5, 0.6) is 0 Å². The molecule has 0 amide bonds. The minimum Gasteiger partial charge on any atom is -0.370 e. The van der Waals surface area contributed by atoms with Crippen LogP contribution in [0.2, 0.25) is 0 Å². The lowest BCUT2D eigenvalue weighted by atomic mass is 10.2. The zero-order chi connectivity index (χ0) is 13.0. The van der Waals surface area contributed by atoms with E-state index in [1.165, 1.54) is 12.1 Å². The molecule has 1 heterocycles. The predicted octanol–water partition coefficient (Wildman–Crippen LogP) is 2.32. The van der Waals surface area contributed by atoms with Crippen LogP contribution in [-0.4, -0.2) is 12.0 Å². The monoisotopic (exact) mass is 245 g/mol. The van der Waals surface area contributed by atoms with Gasteiger partial charge in [-0.1, -0.05) is 6.07 Å². The van der Waals surface area contributed by atoms with E-state index in [-0.39, 0.29) is 5.82 Å². The Labute approximate surface area is 106 Å². The molecule has 18 heavy (non-hydrogen) atoms. The minimum absolute atomic E-state index is 0.225. The molecule has 0 saturated carbocycles. The molecule has 0 fully saturated rings. The summed E-state index contributed by atoms with van der Waals surface area (Å²) in [6.45, 7) is 1.12. The number of pyridine rings is 1. The van der Waals surface area contributed by atoms with Gasteiger partial charge in [-0.25, -0.2) is 4.39 Å². The van der Waals surface area contributed by atoms with Gasteiger partial charge in [0.25, 0.3) is 0 Å². The third-order valence-electron chi connectivity index (χ3n) is 2.76. The molecule has 2 aromatic rings. The van der Waals surface area contributed by atoms with Gasteiger partial charge in [-0.2, -0.15) is 0 Å². The average molecular weight is 245 g/mol. The molecule has 0 saturated heterocycles. The number of benzene rings is 1. The van der Waals surface area contributed by atoms with Crippen molar-refractivity contribution in [1.82, 2.24) is 4.98 Å². The molecule has 0 unspecified atom stereocenters. The second-order valence-corrected chi connectivity index (χ2v) is 4.20.